The molecule has 1 aromatic rings. The fourth-order valence-electron chi connectivity index (χ4n) is 2.55. The molecule has 2 N–H and O–H groups in total. The summed E-state index contributed by atoms with van der Waals surface area (Å²) >= 11 is 0. The Kier molecular flexibility index (Phi) is 4.80. The first-order chi connectivity index (χ1) is 9.24. The monoisotopic (exact) mass is 261 g/mol. The minimum atomic E-state index is 0.153. The van der Waals surface area contributed by atoms with E-state index in [0.717, 1.165) is 26.1 Å². The molecule has 0 aliphatic carbocycles. The van der Waals surface area contributed by atoms with E-state index in [9.17, 15) is 4.79 Å². The fraction of sp³-hybridized carbons (Fsp3) is 0.533. The summed E-state index contributed by atoms with van der Waals surface area (Å²) in [5.41, 5.74) is 2.52. The highest BCUT2D eigenvalue weighted by molar-refractivity contribution is 5.77. The maximum absolute atomic E-state index is 11.3. The van der Waals surface area contributed by atoms with E-state index in [4.69, 9.17) is 0 Å². The molecule has 0 saturated carbocycles. The van der Waals surface area contributed by atoms with Crippen molar-refractivity contribution in [2.75, 3.05) is 31.6 Å². The Morgan fingerprint density at radius 3 is 2.68 bits per heavy atom. The van der Waals surface area contributed by atoms with Crippen LogP contribution in [0.5, 0.6) is 0 Å². The molecule has 2 rings (SSSR count). The molecule has 1 atom stereocenters. The number of nitrogens with one attached hydrogen (secondary N) is 2. The molecular weight excluding hydrogens is 238 g/mol. The predicted octanol–water partition coefficient (Wildman–Crippen LogP) is 1.68. The molecule has 0 bridgehead atoms. The summed E-state index contributed by atoms with van der Waals surface area (Å²) in [5.74, 6) is 0.153. The van der Waals surface area contributed by atoms with Crippen molar-refractivity contribution in [2.24, 2.45) is 0 Å². The molecule has 4 nitrogen and oxygen atoms in total. The molecule has 1 aromatic carbocycles. The number of rotatable bonds is 4. The van der Waals surface area contributed by atoms with Crippen molar-refractivity contribution in [3.05, 3.63) is 29.8 Å². The number of benzene rings is 1. The molecule has 0 radical (unpaired) electrons. The van der Waals surface area contributed by atoms with Gasteiger partial charge in [-0.3, -0.25) is 4.79 Å². The van der Waals surface area contributed by atoms with E-state index in [2.05, 4.69) is 46.7 Å². The average molecular weight is 261 g/mol. The van der Waals surface area contributed by atoms with Crippen molar-refractivity contribution in [3.63, 3.8) is 0 Å². The summed E-state index contributed by atoms with van der Waals surface area (Å²) in [7, 11) is 1.99. The summed E-state index contributed by atoms with van der Waals surface area (Å²) in [4.78, 5) is 13.6. The van der Waals surface area contributed by atoms with Crippen molar-refractivity contribution in [3.8, 4) is 0 Å². The van der Waals surface area contributed by atoms with E-state index < -0.39 is 0 Å². The number of nitrogens with zero attached hydrogens (tertiary/aromatic N) is 1. The molecule has 1 heterocycles. The highest BCUT2D eigenvalue weighted by Gasteiger charge is 2.14. The van der Waals surface area contributed by atoms with E-state index in [0.29, 0.717) is 12.5 Å². The van der Waals surface area contributed by atoms with Crippen molar-refractivity contribution in [1.82, 2.24) is 10.6 Å². The molecule has 1 saturated heterocycles. The van der Waals surface area contributed by atoms with Crippen molar-refractivity contribution < 1.29 is 4.79 Å². The predicted molar refractivity (Wildman–Crippen MR) is 78.4 cm³/mol. The van der Waals surface area contributed by atoms with Crippen LogP contribution in [-0.4, -0.2) is 32.6 Å². The highest BCUT2D eigenvalue weighted by atomic mass is 16.1. The summed E-state index contributed by atoms with van der Waals surface area (Å²) in [5, 5.41) is 6.22. The second-order valence-corrected chi connectivity index (χ2v) is 4.93. The van der Waals surface area contributed by atoms with Crippen LogP contribution in [0.15, 0.2) is 24.3 Å². The Bertz CT molecular complexity index is 412. The van der Waals surface area contributed by atoms with Gasteiger partial charge in [0.15, 0.2) is 0 Å². The van der Waals surface area contributed by atoms with Gasteiger partial charge >= 0.3 is 0 Å². The Labute approximate surface area is 115 Å². The number of amides is 1. The van der Waals surface area contributed by atoms with Crippen LogP contribution in [0.3, 0.4) is 0 Å². The van der Waals surface area contributed by atoms with Gasteiger partial charge in [-0.05, 0) is 31.2 Å². The number of carbonyl (C=O) groups excluding carboxylic acids is 1. The Balaban J connectivity index is 2.07. The van der Waals surface area contributed by atoms with Crippen molar-refractivity contribution in [1.29, 1.82) is 0 Å². The number of hydrogen-bond donors (Lipinski definition) is 2. The quantitative estimate of drug-likeness (QED) is 0.867. The van der Waals surface area contributed by atoms with Gasteiger partial charge in [-0.2, -0.15) is 0 Å². The Morgan fingerprint density at radius 1 is 1.32 bits per heavy atom. The van der Waals surface area contributed by atoms with E-state index in [-0.39, 0.29) is 5.91 Å². The van der Waals surface area contributed by atoms with Gasteiger partial charge in [-0.25, -0.2) is 0 Å². The van der Waals surface area contributed by atoms with Gasteiger partial charge in [0.1, 0.15) is 0 Å². The van der Waals surface area contributed by atoms with E-state index >= 15 is 0 Å². The van der Waals surface area contributed by atoms with E-state index in [1.165, 1.54) is 11.3 Å². The van der Waals surface area contributed by atoms with E-state index in [1.54, 1.807) is 0 Å². The zero-order valence-corrected chi connectivity index (χ0v) is 11.8. The van der Waals surface area contributed by atoms with Crippen LogP contribution in [0.25, 0.3) is 0 Å². The van der Waals surface area contributed by atoms with Gasteiger partial charge in [-0.1, -0.05) is 19.1 Å². The van der Waals surface area contributed by atoms with E-state index in [1.807, 2.05) is 7.05 Å². The Morgan fingerprint density at radius 2 is 2.05 bits per heavy atom. The molecule has 1 unspecified atom stereocenters. The van der Waals surface area contributed by atoms with Crippen molar-refractivity contribution >= 4 is 11.6 Å². The lowest BCUT2D eigenvalue weighted by Gasteiger charge is -2.23. The molecule has 0 aromatic heterocycles. The maximum atomic E-state index is 11.3. The summed E-state index contributed by atoms with van der Waals surface area (Å²) < 4.78 is 0. The normalized spacial score (nSPS) is 17.8. The van der Waals surface area contributed by atoms with Gasteiger partial charge in [0.25, 0.3) is 0 Å². The second kappa shape index (κ2) is 6.57. The third-order valence-electron chi connectivity index (χ3n) is 3.73. The van der Waals surface area contributed by atoms with Crippen molar-refractivity contribution in [2.45, 2.75) is 25.8 Å². The second-order valence-electron chi connectivity index (χ2n) is 4.93. The molecule has 1 aliphatic heterocycles. The van der Waals surface area contributed by atoms with Crippen LogP contribution in [-0.2, 0) is 4.79 Å². The summed E-state index contributed by atoms with van der Waals surface area (Å²) in [6.07, 6.45) is 1.66. The zero-order valence-electron chi connectivity index (χ0n) is 11.8. The molecule has 1 fully saturated rings. The molecule has 104 valence electrons. The fourth-order valence-corrected chi connectivity index (χ4v) is 2.55. The number of hydrogen-bond acceptors (Lipinski definition) is 3. The third-order valence-corrected chi connectivity index (χ3v) is 3.73. The van der Waals surface area contributed by atoms with Crippen LogP contribution < -0.4 is 15.5 Å². The van der Waals surface area contributed by atoms with Gasteiger partial charge in [0, 0.05) is 37.8 Å². The lowest BCUT2D eigenvalue weighted by Crippen LogP contribution is -2.28. The minimum absolute atomic E-state index is 0.153. The minimum Gasteiger partial charge on any atom is -0.369 e. The Hall–Kier alpha value is -1.55. The van der Waals surface area contributed by atoms with Crippen LogP contribution in [0.2, 0.25) is 0 Å². The van der Waals surface area contributed by atoms with Crippen LogP contribution in [0.1, 0.15) is 31.4 Å². The number of anilines is 1. The standard InChI is InChI=1S/C15H23N3O/c1-3-14(16-2)12-4-6-13(7-5-12)18-10-8-15(19)17-9-11-18/h4-7,14,16H,3,8-11H2,1-2H3,(H,17,19). The zero-order chi connectivity index (χ0) is 13.7. The van der Waals surface area contributed by atoms with Crippen LogP contribution in [0.4, 0.5) is 5.69 Å². The molecule has 19 heavy (non-hydrogen) atoms. The van der Waals surface area contributed by atoms with Crippen LogP contribution in [0, 0.1) is 0 Å². The topological polar surface area (TPSA) is 44.4 Å². The van der Waals surface area contributed by atoms with Gasteiger partial charge in [0.2, 0.25) is 5.91 Å². The summed E-state index contributed by atoms with van der Waals surface area (Å²) in [6.45, 7) is 4.60. The van der Waals surface area contributed by atoms with Crippen LogP contribution >= 0.6 is 0 Å². The molecule has 1 aliphatic rings. The smallest absolute Gasteiger partial charge is 0.221 e. The SMILES string of the molecule is CCC(NC)c1ccc(N2CCNC(=O)CC2)cc1. The first-order valence-electron chi connectivity index (χ1n) is 7.03. The lowest BCUT2D eigenvalue weighted by molar-refractivity contribution is -0.120. The molecule has 4 heteroatoms. The average Bonchev–Trinajstić information content (AvgIpc) is 2.66. The first kappa shape index (κ1) is 13.9. The lowest BCUT2D eigenvalue weighted by atomic mass is 10.0. The largest absolute Gasteiger partial charge is 0.369 e. The first-order valence-corrected chi connectivity index (χ1v) is 7.03. The number of carbonyl (C=O) groups is 1. The molecule has 0 spiro atoms. The summed E-state index contributed by atoms with van der Waals surface area (Å²) in [6, 6.07) is 9.10. The highest BCUT2D eigenvalue weighted by Crippen LogP contribution is 2.21. The van der Waals surface area contributed by atoms with Gasteiger partial charge in [0.05, 0.1) is 0 Å². The third kappa shape index (κ3) is 3.47. The molecular formula is C15H23N3O. The molecule has 1 amide bonds. The van der Waals surface area contributed by atoms with Gasteiger partial charge < -0.3 is 15.5 Å². The van der Waals surface area contributed by atoms with Gasteiger partial charge in [-0.15, -0.1) is 0 Å². The maximum Gasteiger partial charge on any atom is 0.221 e.